The number of aliphatic hydroxyl groups is 1. The Morgan fingerprint density at radius 3 is 2.60 bits per heavy atom. The molecule has 1 amide bonds. The summed E-state index contributed by atoms with van der Waals surface area (Å²) in [5, 5.41) is 11.7. The number of ether oxygens (including phenoxy) is 1. The molecule has 1 rings (SSSR count). The molecule has 112 valence electrons. The summed E-state index contributed by atoms with van der Waals surface area (Å²) >= 11 is 0. The van der Waals surface area contributed by atoms with Crippen LogP contribution in [0, 0.1) is 5.82 Å². The summed E-state index contributed by atoms with van der Waals surface area (Å²) in [4.78, 5) is 11.6. The van der Waals surface area contributed by atoms with E-state index in [9.17, 15) is 14.3 Å². The molecule has 2 N–H and O–H groups in total. The van der Waals surface area contributed by atoms with Crippen LogP contribution in [0.1, 0.15) is 39.7 Å². The number of carbonyl (C=O) groups excluding carboxylic acids is 1. The molecule has 5 heteroatoms. The van der Waals surface area contributed by atoms with E-state index in [4.69, 9.17) is 4.74 Å². The fourth-order valence-corrected chi connectivity index (χ4v) is 1.61. The van der Waals surface area contributed by atoms with Gasteiger partial charge in [0.2, 0.25) is 0 Å². The van der Waals surface area contributed by atoms with Crippen molar-refractivity contribution in [2.75, 3.05) is 5.32 Å². The number of amides is 1. The van der Waals surface area contributed by atoms with E-state index in [2.05, 4.69) is 5.32 Å². The zero-order chi connectivity index (χ0) is 15.3. The smallest absolute Gasteiger partial charge is 0.412 e. The number of nitrogens with one attached hydrogen (secondary N) is 1. The quantitative estimate of drug-likeness (QED) is 0.889. The molecule has 20 heavy (non-hydrogen) atoms. The van der Waals surface area contributed by atoms with Crippen LogP contribution in [-0.4, -0.2) is 22.9 Å². The van der Waals surface area contributed by atoms with Crippen LogP contribution in [0.15, 0.2) is 18.2 Å². The van der Waals surface area contributed by atoms with E-state index in [0.29, 0.717) is 24.1 Å². The van der Waals surface area contributed by atoms with Crippen LogP contribution in [0.4, 0.5) is 14.9 Å². The van der Waals surface area contributed by atoms with Crippen LogP contribution in [0.5, 0.6) is 0 Å². The molecule has 0 heterocycles. The molecule has 0 unspecified atom stereocenters. The van der Waals surface area contributed by atoms with Gasteiger partial charge >= 0.3 is 6.09 Å². The summed E-state index contributed by atoms with van der Waals surface area (Å²) in [6.07, 6.45) is -0.131. The number of rotatable bonds is 4. The molecule has 0 aliphatic heterocycles. The van der Waals surface area contributed by atoms with Gasteiger partial charge in [-0.15, -0.1) is 0 Å². The SMILES string of the molecule is C[C@H](O)CCc1ccc(NC(=O)OC(C)(C)C)cc1F. The Hall–Kier alpha value is -1.62. The number of aliphatic hydroxyl groups excluding tert-OH is 1. The minimum Gasteiger partial charge on any atom is -0.444 e. The van der Waals surface area contributed by atoms with Gasteiger partial charge in [-0.1, -0.05) is 6.07 Å². The maximum absolute atomic E-state index is 13.8. The predicted molar refractivity (Wildman–Crippen MR) is 76.3 cm³/mol. The Kier molecular flexibility index (Phi) is 5.51. The fraction of sp³-hybridized carbons (Fsp3) is 0.533. The zero-order valence-corrected chi connectivity index (χ0v) is 12.4. The molecular weight excluding hydrogens is 261 g/mol. The van der Waals surface area contributed by atoms with E-state index in [0.717, 1.165) is 0 Å². The molecule has 1 atom stereocenters. The molecule has 0 spiro atoms. The first-order valence-electron chi connectivity index (χ1n) is 6.64. The van der Waals surface area contributed by atoms with Crippen molar-refractivity contribution < 1.29 is 19.0 Å². The van der Waals surface area contributed by atoms with Gasteiger partial charge in [0, 0.05) is 5.69 Å². The van der Waals surface area contributed by atoms with Crippen LogP contribution < -0.4 is 5.32 Å². The highest BCUT2D eigenvalue weighted by atomic mass is 19.1. The molecule has 0 radical (unpaired) electrons. The molecule has 1 aromatic rings. The number of aryl methyl sites for hydroxylation is 1. The van der Waals surface area contributed by atoms with Gasteiger partial charge in [-0.25, -0.2) is 9.18 Å². The van der Waals surface area contributed by atoms with E-state index in [-0.39, 0.29) is 0 Å². The lowest BCUT2D eigenvalue weighted by Gasteiger charge is -2.19. The monoisotopic (exact) mass is 283 g/mol. The highest BCUT2D eigenvalue weighted by Gasteiger charge is 2.16. The summed E-state index contributed by atoms with van der Waals surface area (Å²) in [6.45, 7) is 6.93. The second kappa shape index (κ2) is 6.70. The van der Waals surface area contributed by atoms with Gasteiger partial charge in [0.05, 0.1) is 6.10 Å². The average Bonchev–Trinajstić information content (AvgIpc) is 2.24. The van der Waals surface area contributed by atoms with Crippen molar-refractivity contribution in [1.29, 1.82) is 0 Å². The van der Waals surface area contributed by atoms with Crippen LogP contribution in [-0.2, 0) is 11.2 Å². The number of carbonyl (C=O) groups is 1. The van der Waals surface area contributed by atoms with Gasteiger partial charge in [0.15, 0.2) is 0 Å². The number of anilines is 1. The molecule has 4 nitrogen and oxygen atoms in total. The standard InChI is InChI=1S/C15H22FNO3/c1-10(18)5-6-11-7-8-12(9-13(11)16)17-14(19)20-15(2,3)4/h7-10,18H,5-6H2,1-4H3,(H,17,19)/t10-/m0/s1. The van der Waals surface area contributed by atoms with Gasteiger partial charge in [0.25, 0.3) is 0 Å². The summed E-state index contributed by atoms with van der Waals surface area (Å²) < 4.78 is 18.9. The summed E-state index contributed by atoms with van der Waals surface area (Å²) in [7, 11) is 0. The summed E-state index contributed by atoms with van der Waals surface area (Å²) in [5.74, 6) is -0.404. The van der Waals surface area contributed by atoms with Crippen molar-refractivity contribution in [2.45, 2.75) is 52.2 Å². The normalized spacial score (nSPS) is 12.9. The highest BCUT2D eigenvalue weighted by molar-refractivity contribution is 5.84. The number of hydrogen-bond donors (Lipinski definition) is 2. The first kappa shape index (κ1) is 16.4. The summed E-state index contributed by atoms with van der Waals surface area (Å²) in [6, 6.07) is 4.47. The molecule has 0 saturated carbocycles. The molecule has 0 aliphatic rings. The van der Waals surface area contributed by atoms with E-state index in [1.807, 2.05) is 0 Å². The molecule has 0 fully saturated rings. The number of hydrogen-bond acceptors (Lipinski definition) is 3. The summed E-state index contributed by atoms with van der Waals surface area (Å²) in [5.41, 5.74) is 0.262. The molecular formula is C15H22FNO3. The van der Waals surface area contributed by atoms with E-state index in [1.165, 1.54) is 6.07 Å². The number of halogens is 1. The molecule has 1 aromatic carbocycles. The van der Waals surface area contributed by atoms with Gasteiger partial charge in [-0.2, -0.15) is 0 Å². The third kappa shape index (κ3) is 6.02. The minimum atomic E-state index is -0.617. The zero-order valence-electron chi connectivity index (χ0n) is 12.4. The largest absolute Gasteiger partial charge is 0.444 e. The predicted octanol–water partition coefficient (Wildman–Crippen LogP) is 3.49. The van der Waals surface area contributed by atoms with Crippen molar-refractivity contribution in [2.24, 2.45) is 0 Å². The van der Waals surface area contributed by atoms with E-state index >= 15 is 0 Å². The lowest BCUT2D eigenvalue weighted by Crippen LogP contribution is -2.27. The topological polar surface area (TPSA) is 58.6 Å². The van der Waals surface area contributed by atoms with Gasteiger partial charge < -0.3 is 9.84 Å². The molecule has 0 saturated heterocycles. The van der Waals surface area contributed by atoms with E-state index < -0.39 is 23.6 Å². The first-order valence-corrected chi connectivity index (χ1v) is 6.64. The van der Waals surface area contributed by atoms with Crippen LogP contribution >= 0.6 is 0 Å². The van der Waals surface area contributed by atoms with Crippen LogP contribution in [0.25, 0.3) is 0 Å². The molecule has 0 aromatic heterocycles. The maximum Gasteiger partial charge on any atom is 0.412 e. The first-order chi connectivity index (χ1) is 9.17. The Morgan fingerprint density at radius 2 is 2.10 bits per heavy atom. The van der Waals surface area contributed by atoms with Gasteiger partial charge in [-0.05, 0) is 58.2 Å². The third-order valence-electron chi connectivity index (χ3n) is 2.53. The lowest BCUT2D eigenvalue weighted by atomic mass is 10.1. The third-order valence-corrected chi connectivity index (χ3v) is 2.53. The van der Waals surface area contributed by atoms with Crippen molar-refractivity contribution in [3.05, 3.63) is 29.6 Å². The minimum absolute atomic E-state index is 0.345. The highest BCUT2D eigenvalue weighted by Crippen LogP contribution is 2.18. The van der Waals surface area contributed by atoms with Crippen molar-refractivity contribution in [3.63, 3.8) is 0 Å². The maximum atomic E-state index is 13.8. The van der Waals surface area contributed by atoms with Crippen LogP contribution in [0.3, 0.4) is 0 Å². The van der Waals surface area contributed by atoms with Gasteiger partial charge in [-0.3, -0.25) is 5.32 Å². The second-order valence-electron chi connectivity index (χ2n) is 5.82. The van der Waals surface area contributed by atoms with Crippen molar-refractivity contribution >= 4 is 11.8 Å². The lowest BCUT2D eigenvalue weighted by molar-refractivity contribution is 0.0636. The second-order valence-corrected chi connectivity index (χ2v) is 5.82. The van der Waals surface area contributed by atoms with Gasteiger partial charge in [0.1, 0.15) is 11.4 Å². The Bertz CT molecular complexity index is 467. The fourth-order valence-electron chi connectivity index (χ4n) is 1.61. The van der Waals surface area contributed by atoms with E-state index in [1.54, 1.807) is 39.8 Å². The molecule has 0 bridgehead atoms. The molecule has 0 aliphatic carbocycles. The Labute approximate surface area is 119 Å². The van der Waals surface area contributed by atoms with Crippen LogP contribution in [0.2, 0.25) is 0 Å². The van der Waals surface area contributed by atoms with Crippen molar-refractivity contribution in [1.82, 2.24) is 0 Å². The average molecular weight is 283 g/mol. The number of benzene rings is 1. The Morgan fingerprint density at radius 1 is 1.45 bits per heavy atom. The van der Waals surface area contributed by atoms with Crippen molar-refractivity contribution in [3.8, 4) is 0 Å². The Balaban J connectivity index is 2.65.